The Labute approximate surface area is 85.7 Å². The summed E-state index contributed by atoms with van der Waals surface area (Å²) in [6.07, 6.45) is 6.03. The van der Waals surface area contributed by atoms with Crippen molar-refractivity contribution in [2.24, 2.45) is 5.73 Å². The number of unbranched alkanes of at least 4 members (excludes halogenated alkanes) is 3. The molecular formula is C11H20N2O. The molecule has 3 nitrogen and oxygen atoms in total. The van der Waals surface area contributed by atoms with Gasteiger partial charge in [-0.3, -0.25) is 0 Å². The van der Waals surface area contributed by atoms with Crippen molar-refractivity contribution in [3.05, 3.63) is 17.3 Å². The summed E-state index contributed by atoms with van der Waals surface area (Å²) in [5.41, 5.74) is 6.62. The third-order valence-electron chi connectivity index (χ3n) is 2.34. The number of nitrogens with zero attached hydrogens (tertiary/aromatic N) is 1. The van der Waals surface area contributed by atoms with Gasteiger partial charge < -0.3 is 10.2 Å². The van der Waals surface area contributed by atoms with Crippen molar-refractivity contribution in [3.8, 4) is 0 Å². The number of hydrogen-bond acceptors (Lipinski definition) is 3. The second kappa shape index (κ2) is 5.81. The molecule has 0 saturated heterocycles. The molecule has 0 bridgehead atoms. The minimum atomic E-state index is 0.462. The Morgan fingerprint density at radius 3 is 2.71 bits per heavy atom. The van der Waals surface area contributed by atoms with Crippen molar-refractivity contribution in [1.29, 1.82) is 0 Å². The van der Waals surface area contributed by atoms with Gasteiger partial charge in [-0.2, -0.15) is 0 Å². The van der Waals surface area contributed by atoms with Crippen molar-refractivity contribution in [1.82, 2.24) is 4.98 Å². The molecule has 0 aliphatic carbocycles. The molecule has 0 unspecified atom stereocenters. The van der Waals surface area contributed by atoms with Crippen molar-refractivity contribution >= 4 is 0 Å². The Morgan fingerprint density at radius 2 is 2.07 bits per heavy atom. The molecule has 0 fully saturated rings. The number of oxazole rings is 1. The highest BCUT2D eigenvalue weighted by atomic mass is 16.4. The minimum absolute atomic E-state index is 0.462. The molecule has 0 radical (unpaired) electrons. The first-order valence-electron chi connectivity index (χ1n) is 5.43. The van der Waals surface area contributed by atoms with Crippen LogP contribution in [-0.4, -0.2) is 4.98 Å². The van der Waals surface area contributed by atoms with Crippen molar-refractivity contribution < 1.29 is 4.42 Å². The normalized spacial score (nSPS) is 10.8. The molecule has 0 saturated carbocycles. The van der Waals surface area contributed by atoms with E-state index in [4.69, 9.17) is 10.2 Å². The second-order valence-electron chi connectivity index (χ2n) is 3.62. The molecule has 1 rings (SSSR count). The first-order chi connectivity index (χ1) is 6.77. The van der Waals surface area contributed by atoms with Crippen LogP contribution in [0.4, 0.5) is 0 Å². The molecular weight excluding hydrogens is 176 g/mol. The zero-order chi connectivity index (χ0) is 10.4. The standard InChI is InChI=1S/C11H20N2O/c1-3-4-5-6-7-10-11(8-12)14-9(2)13-10/h3-8,12H2,1-2H3. The molecule has 0 aliphatic heterocycles. The number of hydrogen-bond donors (Lipinski definition) is 1. The Morgan fingerprint density at radius 1 is 1.29 bits per heavy atom. The summed E-state index contributed by atoms with van der Waals surface area (Å²) in [4.78, 5) is 4.33. The maximum atomic E-state index is 5.56. The van der Waals surface area contributed by atoms with E-state index < -0.39 is 0 Å². The Bertz CT molecular complexity index is 268. The number of aromatic nitrogens is 1. The highest BCUT2D eigenvalue weighted by Crippen LogP contribution is 2.13. The summed E-state index contributed by atoms with van der Waals surface area (Å²) < 4.78 is 5.38. The number of aryl methyl sites for hydroxylation is 2. The van der Waals surface area contributed by atoms with Gasteiger partial charge in [-0.25, -0.2) is 4.98 Å². The molecule has 3 heteroatoms. The fraction of sp³-hybridized carbons (Fsp3) is 0.727. The second-order valence-corrected chi connectivity index (χ2v) is 3.62. The molecule has 1 aromatic heterocycles. The lowest BCUT2D eigenvalue weighted by Crippen LogP contribution is -1.99. The van der Waals surface area contributed by atoms with E-state index in [1.54, 1.807) is 0 Å². The summed E-state index contributed by atoms with van der Waals surface area (Å²) in [6.45, 7) is 4.55. The summed E-state index contributed by atoms with van der Waals surface area (Å²) in [6, 6.07) is 0. The molecule has 0 spiro atoms. The van der Waals surface area contributed by atoms with Gasteiger partial charge in [-0.15, -0.1) is 0 Å². The van der Waals surface area contributed by atoms with Crippen LogP contribution in [0, 0.1) is 6.92 Å². The van der Waals surface area contributed by atoms with E-state index in [0.717, 1.165) is 23.8 Å². The van der Waals surface area contributed by atoms with Crippen LogP contribution in [0.2, 0.25) is 0 Å². The smallest absolute Gasteiger partial charge is 0.191 e. The quantitative estimate of drug-likeness (QED) is 0.711. The van der Waals surface area contributed by atoms with Gasteiger partial charge in [-0.05, 0) is 12.8 Å². The molecule has 1 aromatic rings. The minimum Gasteiger partial charge on any atom is -0.444 e. The molecule has 14 heavy (non-hydrogen) atoms. The van der Waals surface area contributed by atoms with Gasteiger partial charge in [0.2, 0.25) is 0 Å². The molecule has 0 aromatic carbocycles. The number of rotatable bonds is 6. The zero-order valence-electron chi connectivity index (χ0n) is 9.18. The summed E-state index contributed by atoms with van der Waals surface area (Å²) in [5.74, 6) is 1.59. The largest absolute Gasteiger partial charge is 0.444 e. The van der Waals surface area contributed by atoms with Gasteiger partial charge in [0.25, 0.3) is 0 Å². The monoisotopic (exact) mass is 196 g/mol. The molecule has 80 valence electrons. The lowest BCUT2D eigenvalue weighted by atomic mass is 10.1. The van der Waals surface area contributed by atoms with Crippen LogP contribution in [-0.2, 0) is 13.0 Å². The van der Waals surface area contributed by atoms with Crippen LogP contribution < -0.4 is 5.73 Å². The van der Waals surface area contributed by atoms with Crippen LogP contribution in [0.1, 0.15) is 50.0 Å². The Hall–Kier alpha value is -0.830. The van der Waals surface area contributed by atoms with E-state index in [9.17, 15) is 0 Å². The molecule has 0 atom stereocenters. The highest BCUT2D eigenvalue weighted by molar-refractivity contribution is 5.09. The van der Waals surface area contributed by atoms with Gasteiger partial charge in [-0.1, -0.05) is 26.2 Å². The van der Waals surface area contributed by atoms with E-state index in [-0.39, 0.29) is 0 Å². The van der Waals surface area contributed by atoms with Crippen LogP contribution >= 0.6 is 0 Å². The van der Waals surface area contributed by atoms with E-state index in [1.165, 1.54) is 25.7 Å². The van der Waals surface area contributed by atoms with Gasteiger partial charge >= 0.3 is 0 Å². The lowest BCUT2D eigenvalue weighted by molar-refractivity contribution is 0.474. The average Bonchev–Trinajstić information content (AvgIpc) is 2.54. The molecule has 0 amide bonds. The third-order valence-corrected chi connectivity index (χ3v) is 2.34. The fourth-order valence-electron chi connectivity index (χ4n) is 1.59. The van der Waals surface area contributed by atoms with Crippen molar-refractivity contribution in [3.63, 3.8) is 0 Å². The fourth-order valence-corrected chi connectivity index (χ4v) is 1.59. The maximum Gasteiger partial charge on any atom is 0.191 e. The summed E-state index contributed by atoms with van der Waals surface area (Å²) >= 11 is 0. The third kappa shape index (κ3) is 3.14. The predicted molar refractivity (Wildman–Crippen MR) is 57.0 cm³/mol. The first-order valence-corrected chi connectivity index (χ1v) is 5.43. The van der Waals surface area contributed by atoms with Gasteiger partial charge in [0.05, 0.1) is 12.2 Å². The van der Waals surface area contributed by atoms with Crippen LogP contribution in [0.3, 0.4) is 0 Å². The van der Waals surface area contributed by atoms with Gasteiger partial charge in [0.1, 0.15) is 5.76 Å². The van der Waals surface area contributed by atoms with Crippen LogP contribution in [0.15, 0.2) is 4.42 Å². The topological polar surface area (TPSA) is 52.0 Å². The van der Waals surface area contributed by atoms with Crippen molar-refractivity contribution in [2.45, 2.75) is 52.5 Å². The van der Waals surface area contributed by atoms with E-state index in [0.29, 0.717) is 6.54 Å². The molecule has 0 aliphatic rings. The van der Waals surface area contributed by atoms with Crippen molar-refractivity contribution in [2.75, 3.05) is 0 Å². The molecule has 2 N–H and O–H groups in total. The summed E-state index contributed by atoms with van der Waals surface area (Å²) in [7, 11) is 0. The van der Waals surface area contributed by atoms with Crippen LogP contribution in [0.5, 0.6) is 0 Å². The maximum absolute atomic E-state index is 5.56. The predicted octanol–water partition coefficient (Wildman–Crippen LogP) is 2.56. The average molecular weight is 196 g/mol. The van der Waals surface area contributed by atoms with E-state index >= 15 is 0 Å². The number of nitrogens with two attached hydrogens (primary N) is 1. The van der Waals surface area contributed by atoms with Gasteiger partial charge in [0.15, 0.2) is 5.89 Å². The van der Waals surface area contributed by atoms with E-state index in [1.807, 2.05) is 6.92 Å². The SMILES string of the molecule is CCCCCCc1nc(C)oc1CN. The highest BCUT2D eigenvalue weighted by Gasteiger charge is 2.08. The van der Waals surface area contributed by atoms with E-state index in [2.05, 4.69) is 11.9 Å². The summed E-state index contributed by atoms with van der Waals surface area (Å²) in [5, 5.41) is 0. The molecule has 1 heterocycles. The Balaban J connectivity index is 2.41. The first kappa shape index (κ1) is 11.2. The lowest BCUT2D eigenvalue weighted by Gasteiger charge is -1.98. The van der Waals surface area contributed by atoms with Gasteiger partial charge in [0, 0.05) is 6.92 Å². The van der Waals surface area contributed by atoms with Crippen LogP contribution in [0.25, 0.3) is 0 Å². The zero-order valence-corrected chi connectivity index (χ0v) is 9.18. The Kier molecular flexibility index (Phi) is 4.66.